The molecule has 2 aromatic rings. The second-order valence-electron chi connectivity index (χ2n) is 6.53. The maximum absolute atomic E-state index is 12.4. The van der Waals surface area contributed by atoms with Crippen molar-refractivity contribution < 1.29 is 9.53 Å². The van der Waals surface area contributed by atoms with Crippen LogP contribution in [0.15, 0.2) is 6.20 Å². The number of piperidine rings is 1. The van der Waals surface area contributed by atoms with Gasteiger partial charge in [0.15, 0.2) is 5.65 Å². The van der Waals surface area contributed by atoms with E-state index in [4.69, 9.17) is 4.74 Å². The molecular weight excluding hydrogens is 318 g/mol. The number of likely N-dealkylation sites (tertiary alicyclic amines) is 1. The van der Waals surface area contributed by atoms with Crippen LogP contribution in [-0.4, -0.2) is 57.9 Å². The third-order valence-corrected chi connectivity index (χ3v) is 4.91. The van der Waals surface area contributed by atoms with E-state index in [1.54, 1.807) is 10.9 Å². The molecule has 0 atom stereocenters. The van der Waals surface area contributed by atoms with Gasteiger partial charge in [0.25, 0.3) is 0 Å². The highest BCUT2D eigenvalue weighted by atomic mass is 16.5. The van der Waals surface area contributed by atoms with Gasteiger partial charge >= 0.3 is 5.97 Å². The van der Waals surface area contributed by atoms with E-state index in [1.165, 1.54) is 0 Å². The van der Waals surface area contributed by atoms with Crippen molar-refractivity contribution >= 4 is 22.7 Å². The standard InChI is InChI=1S/C18H27N5O2/c1-5-23-9-7-13(8-10-23)20-16-14(18(24)25-6-2)11-19-17-15(16)12(3)21-22(17)4/h11,13H,5-10H2,1-4H3,(H,19,20). The first-order valence-corrected chi connectivity index (χ1v) is 9.03. The first kappa shape index (κ1) is 17.7. The number of hydrogen-bond donors (Lipinski definition) is 1. The van der Waals surface area contributed by atoms with Crippen LogP contribution in [0.5, 0.6) is 0 Å². The van der Waals surface area contributed by atoms with Crippen molar-refractivity contribution in [3.8, 4) is 0 Å². The van der Waals surface area contributed by atoms with Gasteiger partial charge in [-0.25, -0.2) is 9.78 Å². The lowest BCUT2D eigenvalue weighted by molar-refractivity contribution is 0.0527. The Morgan fingerprint density at radius 3 is 2.72 bits per heavy atom. The van der Waals surface area contributed by atoms with Crippen molar-refractivity contribution in [2.45, 2.75) is 39.7 Å². The van der Waals surface area contributed by atoms with E-state index in [0.717, 1.165) is 54.9 Å². The van der Waals surface area contributed by atoms with E-state index in [2.05, 4.69) is 27.2 Å². The third kappa shape index (κ3) is 3.46. The van der Waals surface area contributed by atoms with Crippen LogP contribution < -0.4 is 5.32 Å². The summed E-state index contributed by atoms with van der Waals surface area (Å²) in [5.74, 6) is -0.339. The first-order valence-electron chi connectivity index (χ1n) is 9.03. The second kappa shape index (κ2) is 7.39. The van der Waals surface area contributed by atoms with Crippen LogP contribution in [0.25, 0.3) is 11.0 Å². The molecule has 7 heteroatoms. The normalized spacial score (nSPS) is 16.3. The summed E-state index contributed by atoms with van der Waals surface area (Å²) >= 11 is 0. The van der Waals surface area contributed by atoms with E-state index in [0.29, 0.717) is 18.2 Å². The molecular formula is C18H27N5O2. The zero-order valence-electron chi connectivity index (χ0n) is 15.5. The minimum Gasteiger partial charge on any atom is -0.462 e. The largest absolute Gasteiger partial charge is 0.462 e. The molecule has 0 unspecified atom stereocenters. The molecule has 0 spiro atoms. The van der Waals surface area contributed by atoms with Crippen LogP contribution in [0.4, 0.5) is 5.69 Å². The average Bonchev–Trinajstić information content (AvgIpc) is 2.90. The van der Waals surface area contributed by atoms with Gasteiger partial charge in [0.2, 0.25) is 0 Å². The van der Waals surface area contributed by atoms with Crippen molar-refractivity contribution in [2.75, 3.05) is 31.6 Å². The van der Waals surface area contributed by atoms with Crippen LogP contribution in [0.2, 0.25) is 0 Å². The summed E-state index contributed by atoms with van der Waals surface area (Å²) in [7, 11) is 1.87. The smallest absolute Gasteiger partial charge is 0.341 e. The number of hydrogen-bond acceptors (Lipinski definition) is 6. The van der Waals surface area contributed by atoms with Gasteiger partial charge in [-0.05, 0) is 33.2 Å². The highest BCUT2D eigenvalue weighted by Gasteiger charge is 2.24. The summed E-state index contributed by atoms with van der Waals surface area (Å²) in [5, 5.41) is 8.99. The van der Waals surface area contributed by atoms with Gasteiger partial charge in [0.05, 0.1) is 23.4 Å². The first-order chi connectivity index (χ1) is 12.0. The Bertz CT molecular complexity index is 762. The van der Waals surface area contributed by atoms with Crippen LogP contribution in [0.1, 0.15) is 42.7 Å². The lowest BCUT2D eigenvalue weighted by atomic mass is 10.0. The lowest BCUT2D eigenvalue weighted by Crippen LogP contribution is -2.39. The molecule has 136 valence electrons. The number of aromatic nitrogens is 3. The predicted molar refractivity (Wildman–Crippen MR) is 98.0 cm³/mol. The molecule has 3 rings (SSSR count). The molecule has 1 aliphatic rings. The number of rotatable bonds is 5. The third-order valence-electron chi connectivity index (χ3n) is 4.91. The number of nitrogens with one attached hydrogen (secondary N) is 1. The number of fused-ring (bicyclic) bond motifs is 1. The quantitative estimate of drug-likeness (QED) is 0.839. The molecule has 0 amide bonds. The lowest BCUT2D eigenvalue weighted by Gasteiger charge is -2.32. The van der Waals surface area contributed by atoms with Crippen LogP contribution in [0, 0.1) is 6.92 Å². The molecule has 0 saturated carbocycles. The molecule has 0 aliphatic carbocycles. The summed E-state index contributed by atoms with van der Waals surface area (Å²) in [6.07, 6.45) is 3.71. The molecule has 0 bridgehead atoms. The van der Waals surface area contributed by atoms with Crippen LogP contribution in [-0.2, 0) is 11.8 Å². The van der Waals surface area contributed by atoms with E-state index in [1.807, 2.05) is 20.9 Å². The monoisotopic (exact) mass is 345 g/mol. The Morgan fingerprint density at radius 1 is 1.36 bits per heavy atom. The summed E-state index contributed by atoms with van der Waals surface area (Å²) in [4.78, 5) is 19.3. The molecule has 1 aliphatic heterocycles. The summed E-state index contributed by atoms with van der Waals surface area (Å²) < 4.78 is 6.99. The molecule has 2 aromatic heterocycles. The van der Waals surface area contributed by atoms with E-state index >= 15 is 0 Å². The highest BCUT2D eigenvalue weighted by molar-refractivity contribution is 6.05. The van der Waals surface area contributed by atoms with Gasteiger partial charge in [-0.1, -0.05) is 6.92 Å². The van der Waals surface area contributed by atoms with Gasteiger partial charge in [-0.2, -0.15) is 5.10 Å². The van der Waals surface area contributed by atoms with E-state index in [9.17, 15) is 4.79 Å². The van der Waals surface area contributed by atoms with Crippen molar-refractivity contribution in [1.82, 2.24) is 19.7 Å². The SMILES string of the molecule is CCOC(=O)c1cnc2c(c(C)nn2C)c1NC1CCN(CC)CC1. The highest BCUT2D eigenvalue weighted by Crippen LogP contribution is 2.31. The van der Waals surface area contributed by atoms with Crippen molar-refractivity contribution in [2.24, 2.45) is 7.05 Å². The number of pyridine rings is 1. The number of aryl methyl sites for hydroxylation is 2. The van der Waals surface area contributed by atoms with Gasteiger partial charge in [-0.15, -0.1) is 0 Å². The molecule has 25 heavy (non-hydrogen) atoms. The Labute approximate surface area is 148 Å². The number of esters is 1. The Hall–Kier alpha value is -2.15. The van der Waals surface area contributed by atoms with Gasteiger partial charge in [0.1, 0.15) is 5.56 Å². The zero-order valence-corrected chi connectivity index (χ0v) is 15.5. The number of ether oxygens (including phenoxy) is 1. The fraction of sp³-hybridized carbons (Fsp3) is 0.611. The maximum Gasteiger partial charge on any atom is 0.341 e. The summed E-state index contributed by atoms with van der Waals surface area (Å²) in [6, 6.07) is 0.334. The molecule has 7 nitrogen and oxygen atoms in total. The number of anilines is 1. The predicted octanol–water partition coefficient (Wildman–Crippen LogP) is 2.35. The minimum atomic E-state index is -0.339. The van der Waals surface area contributed by atoms with Gasteiger partial charge in [-0.3, -0.25) is 4.68 Å². The van der Waals surface area contributed by atoms with Crippen LogP contribution >= 0.6 is 0 Å². The molecule has 1 fully saturated rings. The molecule has 3 heterocycles. The van der Waals surface area contributed by atoms with Crippen molar-refractivity contribution in [1.29, 1.82) is 0 Å². The van der Waals surface area contributed by atoms with Crippen molar-refractivity contribution in [3.05, 3.63) is 17.5 Å². The number of carbonyl (C=O) groups is 1. The van der Waals surface area contributed by atoms with Crippen LogP contribution in [0.3, 0.4) is 0 Å². The Balaban J connectivity index is 1.98. The molecule has 1 N–H and O–H groups in total. The number of nitrogens with zero attached hydrogens (tertiary/aromatic N) is 4. The van der Waals surface area contributed by atoms with Gasteiger partial charge in [0, 0.05) is 32.4 Å². The molecule has 0 radical (unpaired) electrons. The Morgan fingerprint density at radius 2 is 2.08 bits per heavy atom. The summed E-state index contributed by atoms with van der Waals surface area (Å²) in [6.45, 7) is 9.53. The van der Waals surface area contributed by atoms with Crippen molar-refractivity contribution in [3.63, 3.8) is 0 Å². The maximum atomic E-state index is 12.4. The topological polar surface area (TPSA) is 72.3 Å². The molecule has 1 saturated heterocycles. The fourth-order valence-electron chi connectivity index (χ4n) is 3.52. The zero-order chi connectivity index (χ0) is 18.0. The van der Waals surface area contributed by atoms with Gasteiger partial charge < -0.3 is 15.0 Å². The minimum absolute atomic E-state index is 0.334. The summed E-state index contributed by atoms with van der Waals surface area (Å²) in [5.41, 5.74) is 2.94. The Kier molecular flexibility index (Phi) is 5.22. The average molecular weight is 345 g/mol. The fourth-order valence-corrected chi connectivity index (χ4v) is 3.52. The molecule has 0 aromatic carbocycles. The van der Waals surface area contributed by atoms with E-state index in [-0.39, 0.29) is 5.97 Å². The van der Waals surface area contributed by atoms with E-state index < -0.39 is 0 Å². The second-order valence-corrected chi connectivity index (χ2v) is 6.53. The number of carbonyl (C=O) groups excluding carboxylic acids is 1.